The number of benzene rings is 2. The Morgan fingerprint density at radius 2 is 1.81 bits per heavy atom. The van der Waals surface area contributed by atoms with Crippen LogP contribution in [0.15, 0.2) is 48.5 Å². The molecule has 0 saturated carbocycles. The normalized spacial score (nSPS) is 10.7. The molecule has 0 aliphatic heterocycles. The van der Waals surface area contributed by atoms with E-state index < -0.39 is 0 Å². The second kappa shape index (κ2) is 8.49. The number of rotatable bonds is 7. The molecule has 2 aromatic carbocycles. The fourth-order valence-corrected chi connectivity index (χ4v) is 2.98. The van der Waals surface area contributed by atoms with Crippen LogP contribution in [0.25, 0.3) is 11.0 Å². The molecule has 3 rings (SSSR count). The van der Waals surface area contributed by atoms with Gasteiger partial charge in [0.05, 0.1) is 11.0 Å². The van der Waals surface area contributed by atoms with Crippen molar-refractivity contribution in [2.24, 2.45) is 0 Å². The zero-order valence-corrected chi connectivity index (χ0v) is 15.7. The highest BCUT2D eigenvalue weighted by Gasteiger charge is 2.13. The molecule has 0 unspecified atom stereocenters. The average molecular weight is 364 g/mol. The molecule has 27 heavy (non-hydrogen) atoms. The molecule has 2 N–H and O–H groups in total. The molecule has 0 spiro atoms. The number of aryl methyl sites for hydroxylation is 2. The van der Waals surface area contributed by atoms with E-state index in [0.717, 1.165) is 34.5 Å². The summed E-state index contributed by atoms with van der Waals surface area (Å²) in [6, 6.07) is 15.5. The Kier molecular flexibility index (Phi) is 5.86. The Bertz CT molecular complexity index is 944. The quantitative estimate of drug-likeness (QED) is 0.633. The van der Waals surface area contributed by atoms with Gasteiger partial charge in [0.2, 0.25) is 11.8 Å². The largest absolute Gasteiger partial charge is 0.356 e. The fraction of sp³-hybridized carbons (Fsp3) is 0.286. The average Bonchev–Trinajstić information content (AvgIpc) is 2.98. The van der Waals surface area contributed by atoms with Gasteiger partial charge in [-0.05, 0) is 37.6 Å². The van der Waals surface area contributed by atoms with Gasteiger partial charge in [-0.15, -0.1) is 0 Å². The van der Waals surface area contributed by atoms with E-state index in [-0.39, 0.29) is 18.4 Å². The lowest BCUT2D eigenvalue weighted by molar-refractivity contribution is -0.119. The van der Waals surface area contributed by atoms with Crippen LogP contribution in [-0.2, 0) is 22.6 Å². The maximum atomic E-state index is 12.6. The van der Waals surface area contributed by atoms with E-state index in [4.69, 9.17) is 0 Å². The summed E-state index contributed by atoms with van der Waals surface area (Å²) in [4.78, 5) is 28.3. The number of amides is 2. The van der Waals surface area contributed by atoms with Crippen molar-refractivity contribution in [2.45, 2.75) is 33.2 Å². The lowest BCUT2D eigenvalue weighted by Gasteiger charge is -2.10. The predicted octanol–water partition coefficient (Wildman–Crippen LogP) is 3.05. The van der Waals surface area contributed by atoms with Gasteiger partial charge in [0, 0.05) is 25.6 Å². The molecule has 1 heterocycles. The first kappa shape index (κ1) is 18.6. The number of hydrogen-bond acceptors (Lipinski definition) is 3. The highest BCUT2D eigenvalue weighted by Crippen LogP contribution is 2.18. The second-order valence-corrected chi connectivity index (χ2v) is 6.60. The summed E-state index contributed by atoms with van der Waals surface area (Å²) >= 11 is 0. The number of carbonyl (C=O) groups excluding carboxylic acids is 2. The van der Waals surface area contributed by atoms with Crippen molar-refractivity contribution >= 4 is 28.5 Å². The van der Waals surface area contributed by atoms with Crippen LogP contribution < -0.4 is 10.6 Å². The van der Waals surface area contributed by atoms with Gasteiger partial charge in [-0.1, -0.05) is 29.8 Å². The Hall–Kier alpha value is -3.15. The van der Waals surface area contributed by atoms with E-state index >= 15 is 0 Å². The summed E-state index contributed by atoms with van der Waals surface area (Å²) in [6.07, 6.45) is 1.45. The van der Waals surface area contributed by atoms with Gasteiger partial charge in [-0.3, -0.25) is 9.59 Å². The van der Waals surface area contributed by atoms with Crippen LogP contribution in [0.3, 0.4) is 0 Å². The molecule has 2 amide bonds. The van der Waals surface area contributed by atoms with Crippen LogP contribution in [-0.4, -0.2) is 27.9 Å². The van der Waals surface area contributed by atoms with E-state index in [9.17, 15) is 9.59 Å². The first-order valence-corrected chi connectivity index (χ1v) is 9.08. The second-order valence-electron chi connectivity index (χ2n) is 6.60. The maximum Gasteiger partial charge on any atom is 0.244 e. The van der Waals surface area contributed by atoms with Crippen molar-refractivity contribution in [1.82, 2.24) is 14.9 Å². The summed E-state index contributed by atoms with van der Waals surface area (Å²) in [5.41, 5.74) is 3.73. The van der Waals surface area contributed by atoms with Gasteiger partial charge in [0.1, 0.15) is 12.4 Å². The smallest absolute Gasteiger partial charge is 0.244 e. The summed E-state index contributed by atoms with van der Waals surface area (Å²) in [5.74, 6) is 0.715. The summed E-state index contributed by atoms with van der Waals surface area (Å²) in [7, 11) is 0. The molecule has 0 bridgehead atoms. The predicted molar refractivity (Wildman–Crippen MR) is 107 cm³/mol. The SMILES string of the molecule is CC(=O)NCCCc1nc2ccccc2n1CC(=O)Nc1ccc(C)cc1. The lowest BCUT2D eigenvalue weighted by Crippen LogP contribution is -2.23. The zero-order chi connectivity index (χ0) is 19.2. The lowest BCUT2D eigenvalue weighted by atomic mass is 10.2. The van der Waals surface area contributed by atoms with Crippen LogP contribution in [0.5, 0.6) is 0 Å². The Morgan fingerprint density at radius 3 is 2.56 bits per heavy atom. The Labute approximate surface area is 158 Å². The van der Waals surface area contributed by atoms with Gasteiger partial charge in [0.15, 0.2) is 0 Å². The summed E-state index contributed by atoms with van der Waals surface area (Å²) in [6.45, 7) is 4.30. The van der Waals surface area contributed by atoms with Crippen molar-refractivity contribution in [3.63, 3.8) is 0 Å². The molecular formula is C21H24N4O2. The van der Waals surface area contributed by atoms with Gasteiger partial charge in [0.25, 0.3) is 0 Å². The fourth-order valence-electron chi connectivity index (χ4n) is 2.98. The minimum atomic E-state index is -0.0925. The number of nitrogens with zero attached hydrogens (tertiary/aromatic N) is 2. The van der Waals surface area contributed by atoms with Crippen LogP contribution in [0, 0.1) is 6.92 Å². The zero-order valence-electron chi connectivity index (χ0n) is 15.7. The first-order valence-electron chi connectivity index (χ1n) is 9.08. The number of nitrogens with one attached hydrogen (secondary N) is 2. The molecule has 1 aromatic heterocycles. The molecule has 6 heteroatoms. The number of imidazole rings is 1. The molecule has 0 fully saturated rings. The molecular weight excluding hydrogens is 340 g/mol. The van der Waals surface area contributed by atoms with Crippen LogP contribution in [0.2, 0.25) is 0 Å². The van der Waals surface area contributed by atoms with E-state index in [2.05, 4.69) is 15.6 Å². The van der Waals surface area contributed by atoms with E-state index in [1.807, 2.05) is 60.0 Å². The molecule has 0 aliphatic carbocycles. The number of carbonyl (C=O) groups is 2. The molecule has 3 aromatic rings. The van der Waals surface area contributed by atoms with Gasteiger partial charge in [-0.2, -0.15) is 0 Å². The van der Waals surface area contributed by atoms with Crippen molar-refractivity contribution in [3.8, 4) is 0 Å². The Morgan fingerprint density at radius 1 is 1.07 bits per heavy atom. The summed E-state index contributed by atoms with van der Waals surface area (Å²) in [5, 5.41) is 5.73. The molecule has 6 nitrogen and oxygen atoms in total. The molecule has 140 valence electrons. The van der Waals surface area contributed by atoms with Crippen molar-refractivity contribution in [3.05, 3.63) is 59.9 Å². The van der Waals surface area contributed by atoms with Gasteiger partial charge < -0.3 is 15.2 Å². The van der Waals surface area contributed by atoms with E-state index in [0.29, 0.717) is 13.0 Å². The first-order chi connectivity index (χ1) is 13.0. The van der Waals surface area contributed by atoms with E-state index in [1.54, 1.807) is 0 Å². The van der Waals surface area contributed by atoms with Gasteiger partial charge >= 0.3 is 0 Å². The minimum Gasteiger partial charge on any atom is -0.356 e. The highest BCUT2D eigenvalue weighted by atomic mass is 16.2. The number of para-hydroxylation sites is 2. The standard InChI is InChI=1S/C21H24N4O2/c1-15-9-11-17(12-10-15)23-21(27)14-25-19-7-4-3-6-18(19)24-20(25)8-5-13-22-16(2)26/h3-4,6-7,9-12H,5,8,13-14H2,1-2H3,(H,22,26)(H,23,27). The molecule has 0 atom stereocenters. The third kappa shape index (κ3) is 4.94. The number of aromatic nitrogens is 2. The van der Waals surface area contributed by atoms with Crippen LogP contribution >= 0.6 is 0 Å². The monoisotopic (exact) mass is 364 g/mol. The number of fused-ring (bicyclic) bond motifs is 1. The maximum absolute atomic E-state index is 12.6. The topological polar surface area (TPSA) is 76.0 Å². The van der Waals surface area contributed by atoms with Crippen molar-refractivity contribution in [1.29, 1.82) is 0 Å². The van der Waals surface area contributed by atoms with E-state index in [1.165, 1.54) is 6.92 Å². The third-order valence-corrected chi connectivity index (χ3v) is 4.32. The van der Waals surface area contributed by atoms with Crippen LogP contribution in [0.1, 0.15) is 24.7 Å². The third-order valence-electron chi connectivity index (χ3n) is 4.32. The molecule has 0 radical (unpaired) electrons. The van der Waals surface area contributed by atoms with Gasteiger partial charge in [-0.25, -0.2) is 4.98 Å². The van der Waals surface area contributed by atoms with Crippen molar-refractivity contribution < 1.29 is 9.59 Å². The van der Waals surface area contributed by atoms with Crippen molar-refractivity contribution in [2.75, 3.05) is 11.9 Å². The molecule has 0 aliphatic rings. The number of hydrogen-bond donors (Lipinski definition) is 2. The number of anilines is 1. The Balaban J connectivity index is 1.74. The van der Waals surface area contributed by atoms with Crippen LogP contribution in [0.4, 0.5) is 5.69 Å². The minimum absolute atomic E-state index is 0.0408. The molecule has 0 saturated heterocycles. The highest BCUT2D eigenvalue weighted by molar-refractivity contribution is 5.91. The summed E-state index contributed by atoms with van der Waals surface area (Å²) < 4.78 is 1.95.